The molecule has 1 N–H and O–H groups in total. The Hall–Kier alpha value is -2.18. The van der Waals surface area contributed by atoms with Gasteiger partial charge in [0.05, 0.1) is 13.7 Å². The minimum absolute atomic E-state index is 0.171. The Morgan fingerprint density at radius 2 is 2.27 bits per heavy atom. The highest BCUT2D eigenvalue weighted by molar-refractivity contribution is 7.98. The molecule has 8 heteroatoms. The maximum absolute atomic E-state index is 12.2. The van der Waals surface area contributed by atoms with Gasteiger partial charge >= 0.3 is 5.97 Å². The van der Waals surface area contributed by atoms with E-state index in [0.717, 1.165) is 11.3 Å². The predicted molar refractivity (Wildman–Crippen MR) is 85.6 cm³/mol. The van der Waals surface area contributed by atoms with Crippen molar-refractivity contribution in [3.8, 4) is 0 Å². The maximum Gasteiger partial charge on any atom is 0.328 e. The molecule has 0 aliphatic heterocycles. The van der Waals surface area contributed by atoms with Crippen LogP contribution in [-0.4, -0.2) is 37.0 Å². The van der Waals surface area contributed by atoms with Crippen LogP contribution < -0.4 is 5.32 Å². The summed E-state index contributed by atoms with van der Waals surface area (Å²) in [4.78, 5) is 26.6. The maximum atomic E-state index is 12.2. The second-order valence-electron chi connectivity index (χ2n) is 4.42. The Kier molecular flexibility index (Phi) is 7.88. The van der Waals surface area contributed by atoms with Gasteiger partial charge in [-0.2, -0.15) is 11.8 Å². The van der Waals surface area contributed by atoms with Crippen molar-refractivity contribution in [3.05, 3.63) is 45.8 Å². The monoisotopic (exact) mass is 322 g/mol. The molecular formula is C14H18N4O3S. The molecule has 22 heavy (non-hydrogen) atoms. The second-order valence-corrected chi connectivity index (χ2v) is 5.41. The van der Waals surface area contributed by atoms with E-state index in [1.54, 1.807) is 36.0 Å². The SMILES string of the molecule is COC(=O)[C@H](CCSC)NC(=O)c1cccc(CN=[N+]=[N-])c1. The summed E-state index contributed by atoms with van der Waals surface area (Å²) in [7, 11) is 1.29. The predicted octanol–water partition coefficient (Wildman–Crippen LogP) is 2.52. The van der Waals surface area contributed by atoms with Crippen LogP contribution in [0.1, 0.15) is 22.3 Å². The topological polar surface area (TPSA) is 104 Å². The van der Waals surface area contributed by atoms with E-state index >= 15 is 0 Å². The number of rotatable bonds is 8. The molecular weight excluding hydrogens is 304 g/mol. The Morgan fingerprint density at radius 1 is 1.50 bits per heavy atom. The third kappa shape index (κ3) is 5.67. The standard InChI is InChI=1S/C14H18N4O3S/c1-21-14(20)12(6-7-22-2)17-13(19)11-5-3-4-10(8-11)9-16-18-15/h3-5,8,12H,6-7,9H2,1-2H3,(H,17,19)/t12-/m0/s1. The van der Waals surface area contributed by atoms with Gasteiger partial charge in [-0.3, -0.25) is 4.79 Å². The number of azide groups is 1. The highest BCUT2D eigenvalue weighted by Crippen LogP contribution is 2.09. The molecule has 0 aliphatic rings. The quantitative estimate of drug-likeness (QED) is 0.343. The average Bonchev–Trinajstić information content (AvgIpc) is 2.56. The highest BCUT2D eigenvalue weighted by atomic mass is 32.2. The number of methoxy groups -OCH3 is 1. The summed E-state index contributed by atoms with van der Waals surface area (Å²) in [5.74, 6) is -0.0938. The van der Waals surface area contributed by atoms with Crippen LogP contribution in [-0.2, 0) is 16.1 Å². The number of amides is 1. The molecule has 7 nitrogen and oxygen atoms in total. The minimum Gasteiger partial charge on any atom is -0.467 e. The van der Waals surface area contributed by atoms with Crippen LogP contribution in [0.25, 0.3) is 10.4 Å². The van der Waals surface area contributed by atoms with Crippen LogP contribution >= 0.6 is 11.8 Å². The van der Waals surface area contributed by atoms with E-state index in [1.165, 1.54) is 7.11 Å². The zero-order valence-corrected chi connectivity index (χ0v) is 13.3. The van der Waals surface area contributed by atoms with Gasteiger partial charge in [0.15, 0.2) is 0 Å². The smallest absolute Gasteiger partial charge is 0.328 e. The molecule has 0 unspecified atom stereocenters. The number of ether oxygens (including phenoxy) is 1. The lowest BCUT2D eigenvalue weighted by Gasteiger charge is -2.16. The summed E-state index contributed by atoms with van der Waals surface area (Å²) >= 11 is 1.59. The van der Waals surface area contributed by atoms with Gasteiger partial charge in [-0.15, -0.1) is 0 Å². The Labute approximate surface area is 133 Å². The lowest BCUT2D eigenvalue weighted by Crippen LogP contribution is -2.41. The normalized spacial score (nSPS) is 11.2. The van der Waals surface area contributed by atoms with Gasteiger partial charge in [0.1, 0.15) is 6.04 Å². The summed E-state index contributed by atoms with van der Waals surface area (Å²) in [6.45, 7) is 0.171. The molecule has 118 valence electrons. The lowest BCUT2D eigenvalue weighted by molar-refractivity contribution is -0.142. The van der Waals surface area contributed by atoms with E-state index in [1.807, 2.05) is 6.26 Å². The zero-order chi connectivity index (χ0) is 16.4. The van der Waals surface area contributed by atoms with Crippen LogP contribution in [0.2, 0.25) is 0 Å². The van der Waals surface area contributed by atoms with Gasteiger partial charge in [0.25, 0.3) is 5.91 Å². The highest BCUT2D eigenvalue weighted by Gasteiger charge is 2.21. The summed E-state index contributed by atoms with van der Waals surface area (Å²) in [5, 5.41) is 6.13. The van der Waals surface area contributed by atoms with Gasteiger partial charge in [0.2, 0.25) is 0 Å². The summed E-state index contributed by atoms with van der Waals surface area (Å²) in [6.07, 6.45) is 2.42. The number of nitrogens with one attached hydrogen (secondary N) is 1. The fraction of sp³-hybridized carbons (Fsp3) is 0.429. The first kappa shape index (κ1) is 17.9. The van der Waals surface area contributed by atoms with Gasteiger partial charge in [-0.25, -0.2) is 4.79 Å². The second kappa shape index (κ2) is 9.70. The van der Waals surface area contributed by atoms with Crippen LogP contribution in [0, 0.1) is 0 Å². The molecule has 0 bridgehead atoms. The molecule has 0 heterocycles. The first-order valence-corrected chi connectivity index (χ1v) is 7.99. The summed E-state index contributed by atoms with van der Waals surface area (Å²) < 4.78 is 4.70. The van der Waals surface area contributed by atoms with Crippen molar-refractivity contribution >= 4 is 23.6 Å². The number of carbonyl (C=O) groups excluding carboxylic acids is 2. The van der Waals surface area contributed by atoms with Crippen molar-refractivity contribution < 1.29 is 14.3 Å². The molecule has 0 aromatic heterocycles. The first-order chi connectivity index (χ1) is 10.6. The first-order valence-electron chi connectivity index (χ1n) is 6.59. The van der Waals surface area contributed by atoms with E-state index < -0.39 is 12.0 Å². The summed E-state index contributed by atoms with van der Waals surface area (Å²) in [6, 6.07) is 6.05. The fourth-order valence-electron chi connectivity index (χ4n) is 1.79. The number of nitrogens with zero attached hydrogens (tertiary/aromatic N) is 3. The summed E-state index contributed by atoms with van der Waals surface area (Å²) in [5.41, 5.74) is 9.45. The van der Waals surface area contributed by atoms with Crippen molar-refractivity contribution in [2.75, 3.05) is 19.1 Å². The Morgan fingerprint density at radius 3 is 2.91 bits per heavy atom. The molecule has 1 aromatic carbocycles. The molecule has 0 saturated carbocycles. The van der Waals surface area contributed by atoms with Crippen LogP contribution in [0.4, 0.5) is 0 Å². The van der Waals surface area contributed by atoms with Crippen LogP contribution in [0.3, 0.4) is 0 Å². The number of esters is 1. The largest absolute Gasteiger partial charge is 0.467 e. The molecule has 0 spiro atoms. The Bertz CT molecular complexity index is 573. The fourth-order valence-corrected chi connectivity index (χ4v) is 2.26. The third-order valence-electron chi connectivity index (χ3n) is 2.91. The molecule has 0 fully saturated rings. The molecule has 0 saturated heterocycles. The lowest BCUT2D eigenvalue weighted by atomic mass is 10.1. The average molecular weight is 322 g/mol. The molecule has 0 aliphatic carbocycles. The molecule has 0 radical (unpaired) electrons. The molecule has 1 rings (SSSR count). The number of hydrogen-bond donors (Lipinski definition) is 1. The van der Waals surface area contributed by atoms with Crippen LogP contribution in [0.5, 0.6) is 0 Å². The number of thioether (sulfide) groups is 1. The van der Waals surface area contributed by atoms with E-state index in [0.29, 0.717) is 12.0 Å². The van der Waals surface area contributed by atoms with Gasteiger partial charge in [0, 0.05) is 10.5 Å². The third-order valence-corrected chi connectivity index (χ3v) is 3.55. The van der Waals surface area contributed by atoms with E-state index in [-0.39, 0.29) is 12.5 Å². The van der Waals surface area contributed by atoms with Crippen molar-refractivity contribution in [3.63, 3.8) is 0 Å². The Balaban J connectivity index is 2.80. The number of carbonyl (C=O) groups is 2. The van der Waals surface area contributed by atoms with Gasteiger partial charge in [-0.05, 0) is 41.7 Å². The van der Waals surface area contributed by atoms with Crippen molar-refractivity contribution in [2.45, 2.75) is 19.0 Å². The zero-order valence-electron chi connectivity index (χ0n) is 12.5. The van der Waals surface area contributed by atoms with Gasteiger partial charge < -0.3 is 10.1 Å². The van der Waals surface area contributed by atoms with Gasteiger partial charge in [-0.1, -0.05) is 17.2 Å². The van der Waals surface area contributed by atoms with E-state index in [2.05, 4.69) is 15.3 Å². The van der Waals surface area contributed by atoms with E-state index in [4.69, 9.17) is 10.3 Å². The van der Waals surface area contributed by atoms with Crippen molar-refractivity contribution in [1.29, 1.82) is 0 Å². The van der Waals surface area contributed by atoms with Crippen LogP contribution in [0.15, 0.2) is 29.4 Å². The van der Waals surface area contributed by atoms with Crippen molar-refractivity contribution in [1.82, 2.24) is 5.32 Å². The molecule has 1 atom stereocenters. The van der Waals surface area contributed by atoms with Crippen molar-refractivity contribution in [2.24, 2.45) is 5.11 Å². The number of hydrogen-bond acceptors (Lipinski definition) is 5. The molecule has 1 amide bonds. The number of benzene rings is 1. The van der Waals surface area contributed by atoms with E-state index in [9.17, 15) is 9.59 Å². The minimum atomic E-state index is -0.675. The molecule has 1 aromatic rings.